The third-order valence-electron chi connectivity index (χ3n) is 3.50. The monoisotopic (exact) mass is 420 g/mol. The maximum atomic E-state index is 12.3. The number of aromatic amines is 1. The van der Waals surface area contributed by atoms with Gasteiger partial charge in [0, 0.05) is 23.9 Å². The molecule has 0 saturated carbocycles. The third kappa shape index (κ3) is 3.65. The van der Waals surface area contributed by atoms with Gasteiger partial charge in [-0.1, -0.05) is 17.4 Å². The van der Waals surface area contributed by atoms with E-state index in [1.165, 1.54) is 11.3 Å². The van der Waals surface area contributed by atoms with E-state index in [9.17, 15) is 4.79 Å². The van der Waals surface area contributed by atoms with Crippen LogP contribution in [0, 0.1) is 4.77 Å². The summed E-state index contributed by atoms with van der Waals surface area (Å²) in [7, 11) is 0. The van der Waals surface area contributed by atoms with Gasteiger partial charge in [0.2, 0.25) is 11.0 Å². The molecule has 0 aliphatic rings. The van der Waals surface area contributed by atoms with Crippen LogP contribution in [-0.2, 0) is 11.3 Å². The van der Waals surface area contributed by atoms with Gasteiger partial charge >= 0.3 is 0 Å². The van der Waals surface area contributed by atoms with Crippen LogP contribution in [0.4, 0.5) is 5.13 Å². The van der Waals surface area contributed by atoms with Crippen molar-refractivity contribution in [1.82, 2.24) is 25.0 Å². The van der Waals surface area contributed by atoms with Crippen LogP contribution in [0.15, 0.2) is 34.3 Å². The quantitative estimate of drug-likeness (QED) is 0.455. The van der Waals surface area contributed by atoms with Crippen LogP contribution in [0.2, 0.25) is 0 Å². The Balaban J connectivity index is 1.41. The molecule has 4 aromatic rings. The molecule has 0 bridgehead atoms. The van der Waals surface area contributed by atoms with Crippen molar-refractivity contribution >= 4 is 57.3 Å². The van der Waals surface area contributed by atoms with Crippen LogP contribution < -0.4 is 5.32 Å². The molecular formula is C15H12N6OS4. The van der Waals surface area contributed by atoms with Crippen molar-refractivity contribution in [2.75, 3.05) is 5.32 Å². The Hall–Kier alpha value is -2.21. The lowest BCUT2D eigenvalue weighted by atomic mass is 10.3. The predicted molar refractivity (Wildman–Crippen MR) is 107 cm³/mol. The molecule has 11 heteroatoms. The standard InChI is InChI=1S/C15H12N6OS4/c22-11(16-14-19-18-13(26-14)9-4-7-24-8-9)3-5-21-12(17-20-15(21)23)10-2-1-6-25-10/h1-2,4,6-8H,3,5H2,(H,20,23)(H,16,19,22). The van der Waals surface area contributed by atoms with Gasteiger partial charge in [0.15, 0.2) is 10.6 Å². The first-order chi connectivity index (χ1) is 12.7. The number of anilines is 1. The third-order valence-corrected chi connectivity index (χ3v) is 6.25. The van der Waals surface area contributed by atoms with Gasteiger partial charge in [-0.05, 0) is 35.1 Å². The normalized spacial score (nSPS) is 10.9. The van der Waals surface area contributed by atoms with Crippen molar-refractivity contribution in [2.24, 2.45) is 0 Å². The molecule has 0 aliphatic heterocycles. The van der Waals surface area contributed by atoms with E-state index in [4.69, 9.17) is 12.2 Å². The number of thiophene rings is 2. The Morgan fingerprint density at radius 1 is 1.31 bits per heavy atom. The van der Waals surface area contributed by atoms with E-state index in [-0.39, 0.29) is 12.3 Å². The molecular weight excluding hydrogens is 408 g/mol. The van der Waals surface area contributed by atoms with E-state index in [0.29, 0.717) is 16.4 Å². The van der Waals surface area contributed by atoms with E-state index in [2.05, 4.69) is 25.7 Å². The molecule has 1 amide bonds. The fourth-order valence-electron chi connectivity index (χ4n) is 2.29. The van der Waals surface area contributed by atoms with Gasteiger partial charge in [-0.2, -0.15) is 16.4 Å². The zero-order valence-corrected chi connectivity index (χ0v) is 16.5. The molecule has 4 aromatic heterocycles. The molecule has 26 heavy (non-hydrogen) atoms. The molecule has 132 valence electrons. The minimum Gasteiger partial charge on any atom is -0.300 e. The van der Waals surface area contributed by atoms with Crippen LogP contribution in [0.1, 0.15) is 6.42 Å². The minimum absolute atomic E-state index is 0.141. The number of carbonyl (C=O) groups is 1. The SMILES string of the molecule is O=C(CCn1c(-c2cccs2)n[nH]c1=S)Nc1nnc(-c2ccsc2)s1. The highest BCUT2D eigenvalue weighted by Gasteiger charge is 2.13. The van der Waals surface area contributed by atoms with Gasteiger partial charge in [0.25, 0.3) is 0 Å². The Morgan fingerprint density at radius 2 is 2.23 bits per heavy atom. The summed E-state index contributed by atoms with van der Waals surface area (Å²) in [5.74, 6) is 0.603. The summed E-state index contributed by atoms with van der Waals surface area (Å²) < 4.78 is 2.33. The largest absolute Gasteiger partial charge is 0.300 e. The van der Waals surface area contributed by atoms with Crippen LogP contribution in [-0.4, -0.2) is 30.9 Å². The molecule has 0 radical (unpaired) electrons. The fraction of sp³-hybridized carbons (Fsp3) is 0.133. The number of hydrogen-bond acceptors (Lipinski definition) is 8. The van der Waals surface area contributed by atoms with Crippen LogP contribution in [0.25, 0.3) is 21.3 Å². The zero-order chi connectivity index (χ0) is 17.9. The molecule has 0 spiro atoms. The van der Waals surface area contributed by atoms with E-state index < -0.39 is 0 Å². The lowest BCUT2D eigenvalue weighted by Crippen LogP contribution is -2.15. The maximum Gasteiger partial charge on any atom is 0.227 e. The van der Waals surface area contributed by atoms with Gasteiger partial charge < -0.3 is 5.32 Å². The molecule has 4 heterocycles. The predicted octanol–water partition coefficient (Wildman–Crippen LogP) is 4.28. The maximum absolute atomic E-state index is 12.3. The average molecular weight is 421 g/mol. The average Bonchev–Trinajstić information content (AvgIpc) is 3.40. The summed E-state index contributed by atoms with van der Waals surface area (Å²) >= 11 is 9.80. The molecule has 4 rings (SSSR count). The molecule has 0 aromatic carbocycles. The molecule has 0 aliphatic carbocycles. The number of rotatable bonds is 6. The smallest absolute Gasteiger partial charge is 0.227 e. The number of nitrogens with zero attached hydrogens (tertiary/aromatic N) is 4. The molecule has 0 saturated heterocycles. The summed E-state index contributed by atoms with van der Waals surface area (Å²) in [5, 5.41) is 25.2. The van der Waals surface area contributed by atoms with E-state index >= 15 is 0 Å². The highest BCUT2D eigenvalue weighted by molar-refractivity contribution is 7.71. The second kappa shape index (κ2) is 7.58. The molecule has 2 N–H and O–H groups in total. The molecule has 0 atom stereocenters. The highest BCUT2D eigenvalue weighted by atomic mass is 32.1. The van der Waals surface area contributed by atoms with Crippen molar-refractivity contribution in [2.45, 2.75) is 13.0 Å². The Morgan fingerprint density at radius 3 is 3.00 bits per heavy atom. The number of amides is 1. The van der Waals surface area contributed by atoms with Gasteiger partial charge in [0.1, 0.15) is 5.01 Å². The van der Waals surface area contributed by atoms with Crippen molar-refractivity contribution < 1.29 is 4.79 Å². The highest BCUT2D eigenvalue weighted by Crippen LogP contribution is 2.28. The van der Waals surface area contributed by atoms with E-state index in [0.717, 1.165) is 21.3 Å². The Bertz CT molecular complexity index is 1060. The van der Waals surface area contributed by atoms with E-state index in [1.54, 1.807) is 22.7 Å². The lowest BCUT2D eigenvalue weighted by Gasteiger charge is -2.05. The number of carbonyl (C=O) groups excluding carboxylic acids is 1. The zero-order valence-electron chi connectivity index (χ0n) is 13.2. The summed E-state index contributed by atoms with van der Waals surface area (Å²) in [4.78, 5) is 13.3. The first kappa shape index (κ1) is 17.2. The van der Waals surface area contributed by atoms with E-state index in [1.807, 2.05) is 38.9 Å². The van der Waals surface area contributed by atoms with Gasteiger partial charge in [-0.15, -0.1) is 21.5 Å². The Labute approximate surface area is 165 Å². The molecule has 0 fully saturated rings. The number of hydrogen-bond donors (Lipinski definition) is 2. The van der Waals surface area contributed by atoms with Gasteiger partial charge in [-0.25, -0.2) is 0 Å². The van der Waals surface area contributed by atoms with Gasteiger partial charge in [-0.3, -0.25) is 14.5 Å². The van der Waals surface area contributed by atoms with Crippen molar-refractivity contribution in [3.05, 3.63) is 39.1 Å². The van der Waals surface area contributed by atoms with Crippen LogP contribution in [0.3, 0.4) is 0 Å². The van der Waals surface area contributed by atoms with Crippen molar-refractivity contribution in [3.8, 4) is 21.3 Å². The number of H-pyrrole nitrogens is 1. The number of aromatic nitrogens is 5. The summed E-state index contributed by atoms with van der Waals surface area (Å²) in [6.45, 7) is 0.435. The first-order valence-electron chi connectivity index (χ1n) is 7.56. The van der Waals surface area contributed by atoms with Crippen molar-refractivity contribution in [3.63, 3.8) is 0 Å². The second-order valence-electron chi connectivity index (χ2n) is 5.20. The van der Waals surface area contributed by atoms with Gasteiger partial charge in [0.05, 0.1) is 4.88 Å². The molecule has 7 nitrogen and oxygen atoms in total. The Kier molecular flexibility index (Phi) is 5.02. The fourth-order valence-corrected chi connectivity index (χ4v) is 4.71. The topological polar surface area (TPSA) is 88.5 Å². The number of nitrogens with one attached hydrogen (secondary N) is 2. The second-order valence-corrected chi connectivity index (χ2v) is 8.30. The van der Waals surface area contributed by atoms with Crippen molar-refractivity contribution in [1.29, 1.82) is 0 Å². The summed E-state index contributed by atoms with van der Waals surface area (Å²) in [6, 6.07) is 5.90. The lowest BCUT2D eigenvalue weighted by molar-refractivity contribution is -0.116. The first-order valence-corrected chi connectivity index (χ1v) is 10.6. The summed E-state index contributed by atoms with van der Waals surface area (Å²) in [6.07, 6.45) is 0.263. The van der Waals surface area contributed by atoms with Crippen LogP contribution in [0.5, 0.6) is 0 Å². The van der Waals surface area contributed by atoms with Crippen LogP contribution >= 0.6 is 46.2 Å². The summed E-state index contributed by atoms with van der Waals surface area (Å²) in [5.41, 5.74) is 1.01. The molecule has 0 unspecified atom stereocenters. The minimum atomic E-state index is -0.141.